The van der Waals surface area contributed by atoms with Crippen LogP contribution < -0.4 is 10.6 Å². The molecular formula is C28H42ClOP. The van der Waals surface area contributed by atoms with Crippen LogP contribution in [0.3, 0.4) is 0 Å². The van der Waals surface area contributed by atoms with Gasteiger partial charge in [0.2, 0.25) is 6.49 Å². The number of hydrogen-bond donors (Lipinski definition) is 0. The van der Waals surface area contributed by atoms with E-state index in [0.29, 0.717) is 0 Å². The summed E-state index contributed by atoms with van der Waals surface area (Å²) in [5, 5.41) is 1.70. The van der Waals surface area contributed by atoms with E-state index in [9.17, 15) is 4.57 Å². The minimum Gasteiger partial charge on any atom is -0.296 e. The normalized spacial score (nSPS) is 11.7. The summed E-state index contributed by atoms with van der Waals surface area (Å²) in [7, 11) is 0. The molecule has 0 N–H and O–H groups in total. The summed E-state index contributed by atoms with van der Waals surface area (Å²) in [5.74, 6) is 0. The molecule has 2 aromatic rings. The number of benzene rings is 2. The van der Waals surface area contributed by atoms with Gasteiger partial charge in [0.25, 0.3) is 0 Å². The summed E-state index contributed by atoms with van der Waals surface area (Å²) in [4.78, 5) is 0. The molecule has 2 rings (SSSR count). The third-order valence-electron chi connectivity index (χ3n) is 6.20. The summed E-state index contributed by atoms with van der Waals surface area (Å²) < 4.78 is 14.0. The lowest BCUT2D eigenvalue weighted by atomic mass is 10.0. The number of rotatable bonds is 16. The summed E-state index contributed by atoms with van der Waals surface area (Å²) in [6.45, 7) is 1.36. The van der Waals surface area contributed by atoms with Crippen LogP contribution in [0.15, 0.2) is 48.5 Å². The molecule has 0 fully saturated rings. The zero-order valence-electron chi connectivity index (χ0n) is 19.8. The van der Waals surface area contributed by atoms with Gasteiger partial charge in [-0.3, -0.25) is 4.57 Å². The van der Waals surface area contributed by atoms with Crippen molar-refractivity contribution in [3.8, 4) is 0 Å². The molecule has 3 heteroatoms. The molecule has 0 saturated carbocycles. The SMILES string of the molecule is CCCCCCCCc1ccccc1P(=O)(Cl)c1ccccc1CCCCCCCC. The van der Waals surface area contributed by atoms with Crippen LogP contribution >= 0.6 is 17.7 Å². The maximum Gasteiger partial charge on any atom is 0.226 e. The molecule has 0 saturated heterocycles. The Morgan fingerprint density at radius 1 is 0.581 bits per heavy atom. The minimum atomic E-state index is -3.13. The van der Waals surface area contributed by atoms with Crippen LogP contribution in [-0.2, 0) is 17.4 Å². The van der Waals surface area contributed by atoms with Gasteiger partial charge in [-0.05, 0) is 60.2 Å². The minimum absolute atomic E-state index is 0.848. The number of unbranched alkanes of at least 4 members (excludes halogenated alkanes) is 10. The number of hydrogen-bond acceptors (Lipinski definition) is 1. The molecule has 0 heterocycles. The van der Waals surface area contributed by atoms with Gasteiger partial charge in [0.15, 0.2) is 0 Å². The fraction of sp³-hybridized carbons (Fsp3) is 0.571. The van der Waals surface area contributed by atoms with Gasteiger partial charge in [0.05, 0.1) is 0 Å². The Bertz CT molecular complexity index is 738. The second kappa shape index (κ2) is 14.9. The Kier molecular flexibility index (Phi) is 12.6. The molecule has 0 spiro atoms. The van der Waals surface area contributed by atoms with Crippen LogP contribution in [0.5, 0.6) is 0 Å². The lowest BCUT2D eigenvalue weighted by molar-refractivity contribution is 0.593. The first kappa shape index (κ1) is 26.2. The molecule has 0 unspecified atom stereocenters. The van der Waals surface area contributed by atoms with E-state index >= 15 is 0 Å². The van der Waals surface area contributed by atoms with E-state index in [-0.39, 0.29) is 0 Å². The predicted octanol–water partition coefficient (Wildman–Crippen LogP) is 8.96. The molecule has 1 nitrogen and oxygen atoms in total. The molecule has 2 aromatic carbocycles. The van der Waals surface area contributed by atoms with E-state index < -0.39 is 6.49 Å². The van der Waals surface area contributed by atoms with Crippen LogP contribution in [0, 0.1) is 0 Å². The third kappa shape index (κ3) is 8.78. The van der Waals surface area contributed by atoms with Gasteiger partial charge in [0.1, 0.15) is 0 Å². The first-order valence-electron chi connectivity index (χ1n) is 12.6. The molecule has 0 atom stereocenters. The van der Waals surface area contributed by atoms with Crippen molar-refractivity contribution in [1.29, 1.82) is 0 Å². The van der Waals surface area contributed by atoms with Crippen molar-refractivity contribution in [1.82, 2.24) is 0 Å². The lowest BCUT2D eigenvalue weighted by Gasteiger charge is -2.19. The van der Waals surface area contributed by atoms with Crippen molar-refractivity contribution in [2.75, 3.05) is 0 Å². The Labute approximate surface area is 196 Å². The standard InChI is InChI=1S/C28H42ClOP/c1-3-5-7-9-11-13-19-25-21-15-17-23-27(25)31(29,30)28-24-18-16-22-26(28)20-14-12-10-8-6-4-2/h15-18,21-24H,3-14,19-20H2,1-2H3. The van der Waals surface area contributed by atoms with Crippen LogP contribution in [-0.4, -0.2) is 0 Å². The molecule has 172 valence electrons. The molecular weight excluding hydrogens is 419 g/mol. The Morgan fingerprint density at radius 3 is 1.35 bits per heavy atom. The molecule has 0 bridgehead atoms. The third-order valence-corrected chi connectivity index (χ3v) is 9.41. The smallest absolute Gasteiger partial charge is 0.226 e. The molecule has 31 heavy (non-hydrogen) atoms. The average molecular weight is 461 g/mol. The van der Waals surface area contributed by atoms with Crippen molar-refractivity contribution in [3.63, 3.8) is 0 Å². The van der Waals surface area contributed by atoms with E-state index in [2.05, 4.69) is 38.1 Å². The van der Waals surface area contributed by atoms with Gasteiger partial charge in [-0.2, -0.15) is 0 Å². The van der Waals surface area contributed by atoms with E-state index in [1.165, 1.54) is 64.2 Å². The highest BCUT2D eigenvalue weighted by Gasteiger charge is 2.28. The second-order valence-corrected chi connectivity index (χ2v) is 12.3. The summed E-state index contributed by atoms with van der Waals surface area (Å²) in [6.07, 6.45) is 17.1. The predicted molar refractivity (Wildman–Crippen MR) is 140 cm³/mol. The molecule has 0 aliphatic rings. The highest BCUT2D eigenvalue weighted by molar-refractivity contribution is 8.00. The fourth-order valence-corrected chi connectivity index (χ4v) is 7.24. The second-order valence-electron chi connectivity index (χ2n) is 8.83. The summed E-state index contributed by atoms with van der Waals surface area (Å²) in [6, 6.07) is 16.3. The van der Waals surface area contributed by atoms with Crippen LogP contribution in [0.4, 0.5) is 0 Å². The van der Waals surface area contributed by atoms with E-state index in [1.807, 2.05) is 24.3 Å². The van der Waals surface area contributed by atoms with Crippen molar-refractivity contribution in [3.05, 3.63) is 59.7 Å². The highest BCUT2D eigenvalue weighted by Crippen LogP contribution is 2.50. The highest BCUT2D eigenvalue weighted by atomic mass is 35.7. The van der Waals surface area contributed by atoms with Gasteiger partial charge < -0.3 is 0 Å². The number of aryl methyl sites for hydroxylation is 2. The molecule has 0 amide bonds. The zero-order chi connectivity index (χ0) is 22.4. The Morgan fingerprint density at radius 2 is 0.935 bits per heavy atom. The average Bonchev–Trinajstić information content (AvgIpc) is 2.79. The Hall–Kier alpha value is -1.04. The molecule has 0 radical (unpaired) electrons. The Balaban J connectivity index is 2.07. The zero-order valence-corrected chi connectivity index (χ0v) is 21.4. The maximum absolute atomic E-state index is 14.0. The van der Waals surface area contributed by atoms with Crippen LogP contribution in [0.25, 0.3) is 0 Å². The largest absolute Gasteiger partial charge is 0.296 e. The molecule has 0 aromatic heterocycles. The molecule has 0 aliphatic heterocycles. The van der Waals surface area contributed by atoms with Crippen molar-refractivity contribution < 1.29 is 4.57 Å². The summed E-state index contributed by atoms with van der Waals surface area (Å²) >= 11 is 6.92. The first-order valence-corrected chi connectivity index (χ1v) is 15.2. The summed E-state index contributed by atoms with van der Waals surface area (Å²) in [5.41, 5.74) is 2.32. The van der Waals surface area contributed by atoms with Crippen molar-refractivity contribution in [2.24, 2.45) is 0 Å². The quantitative estimate of drug-likeness (QED) is 0.180. The van der Waals surface area contributed by atoms with Gasteiger partial charge in [-0.1, -0.05) is 114 Å². The van der Waals surface area contributed by atoms with Crippen LogP contribution in [0.2, 0.25) is 0 Å². The van der Waals surface area contributed by atoms with Gasteiger partial charge in [-0.25, -0.2) is 0 Å². The number of halogens is 1. The van der Waals surface area contributed by atoms with Gasteiger partial charge in [-0.15, -0.1) is 0 Å². The van der Waals surface area contributed by atoms with Gasteiger partial charge >= 0.3 is 0 Å². The topological polar surface area (TPSA) is 17.1 Å². The first-order chi connectivity index (χ1) is 15.1. The van der Waals surface area contributed by atoms with E-state index in [1.54, 1.807) is 0 Å². The fourth-order valence-electron chi connectivity index (χ4n) is 4.33. The van der Waals surface area contributed by atoms with Crippen molar-refractivity contribution >= 4 is 28.3 Å². The van der Waals surface area contributed by atoms with Gasteiger partial charge in [0, 0.05) is 10.6 Å². The van der Waals surface area contributed by atoms with E-state index in [0.717, 1.165) is 47.4 Å². The van der Waals surface area contributed by atoms with Crippen LogP contribution in [0.1, 0.15) is 102 Å². The molecule has 0 aliphatic carbocycles. The van der Waals surface area contributed by atoms with E-state index in [4.69, 9.17) is 11.2 Å². The van der Waals surface area contributed by atoms with Crippen molar-refractivity contribution in [2.45, 2.75) is 104 Å². The monoisotopic (exact) mass is 460 g/mol. The lowest BCUT2D eigenvalue weighted by Crippen LogP contribution is -2.19. The maximum atomic E-state index is 14.0.